The molecule has 2 N–H and O–H groups in total. The summed E-state index contributed by atoms with van der Waals surface area (Å²) in [6.45, 7) is 7.84. The van der Waals surface area contributed by atoms with Crippen LogP contribution in [0.1, 0.15) is 22.6 Å². The fourth-order valence-corrected chi connectivity index (χ4v) is 2.30. The summed E-state index contributed by atoms with van der Waals surface area (Å²) in [7, 11) is 1.66. The van der Waals surface area contributed by atoms with Crippen molar-refractivity contribution in [1.29, 1.82) is 0 Å². The molecule has 2 aromatic rings. The maximum Gasteiger partial charge on any atom is 0.128 e. The summed E-state index contributed by atoms with van der Waals surface area (Å²) in [5, 5.41) is 0. The second kappa shape index (κ2) is 4.88. The number of nitrogens with zero attached hydrogens (tertiary/aromatic N) is 2. The maximum atomic E-state index is 6.13. The van der Waals surface area contributed by atoms with Crippen molar-refractivity contribution in [2.24, 2.45) is 0 Å². The standard InChI is InChI=1S/C15H19N3O/c1-8-6-9(2)13(12(7-8)19-5)15-14(16)10(3)17-11(4)18-15/h6-7H,16H2,1-5H3. The zero-order chi connectivity index (χ0) is 14.2. The summed E-state index contributed by atoms with van der Waals surface area (Å²) in [5.74, 6) is 1.51. The van der Waals surface area contributed by atoms with Crippen molar-refractivity contribution in [2.75, 3.05) is 12.8 Å². The molecule has 0 aliphatic rings. The van der Waals surface area contributed by atoms with Crippen molar-refractivity contribution in [2.45, 2.75) is 27.7 Å². The molecule has 0 aliphatic carbocycles. The third-order valence-electron chi connectivity index (χ3n) is 3.15. The molecule has 0 atom stereocenters. The fraction of sp³-hybridized carbons (Fsp3) is 0.333. The predicted octanol–water partition coefficient (Wildman–Crippen LogP) is 2.97. The average molecular weight is 257 g/mol. The Morgan fingerprint density at radius 1 is 1.05 bits per heavy atom. The van der Waals surface area contributed by atoms with Crippen LogP contribution in [-0.4, -0.2) is 17.1 Å². The molecule has 1 aromatic heterocycles. The van der Waals surface area contributed by atoms with Gasteiger partial charge in [0.1, 0.15) is 17.3 Å². The van der Waals surface area contributed by atoms with Gasteiger partial charge in [0.15, 0.2) is 0 Å². The maximum absolute atomic E-state index is 6.13. The molecular formula is C15H19N3O. The molecule has 0 radical (unpaired) electrons. The number of nitrogens with two attached hydrogens (primary N) is 1. The second-order valence-corrected chi connectivity index (χ2v) is 4.78. The second-order valence-electron chi connectivity index (χ2n) is 4.78. The SMILES string of the molecule is COc1cc(C)cc(C)c1-c1nc(C)nc(C)c1N. The number of ether oxygens (including phenoxy) is 1. The molecule has 2 rings (SSSR count). The van der Waals surface area contributed by atoms with Gasteiger partial charge in [0.05, 0.1) is 18.5 Å². The Kier molecular flexibility index (Phi) is 3.42. The van der Waals surface area contributed by atoms with E-state index >= 15 is 0 Å². The topological polar surface area (TPSA) is 61.0 Å². The lowest BCUT2D eigenvalue weighted by Crippen LogP contribution is -2.04. The first-order valence-electron chi connectivity index (χ1n) is 6.20. The lowest BCUT2D eigenvalue weighted by Gasteiger charge is -2.15. The third kappa shape index (κ3) is 2.38. The minimum absolute atomic E-state index is 0.607. The van der Waals surface area contributed by atoms with Gasteiger partial charge >= 0.3 is 0 Å². The van der Waals surface area contributed by atoms with Gasteiger partial charge in [0, 0.05) is 5.56 Å². The third-order valence-corrected chi connectivity index (χ3v) is 3.15. The molecule has 100 valence electrons. The van der Waals surface area contributed by atoms with E-state index in [1.807, 2.05) is 33.8 Å². The van der Waals surface area contributed by atoms with Crippen molar-refractivity contribution in [3.8, 4) is 17.0 Å². The molecule has 0 spiro atoms. The van der Waals surface area contributed by atoms with Crippen LogP contribution < -0.4 is 10.5 Å². The minimum Gasteiger partial charge on any atom is -0.496 e. The molecule has 1 aromatic carbocycles. The number of aryl methyl sites for hydroxylation is 4. The molecular weight excluding hydrogens is 238 g/mol. The molecule has 0 bridgehead atoms. The number of benzene rings is 1. The summed E-state index contributed by atoms with van der Waals surface area (Å²) in [6.07, 6.45) is 0. The van der Waals surface area contributed by atoms with Crippen LogP contribution in [0.25, 0.3) is 11.3 Å². The lowest BCUT2D eigenvalue weighted by molar-refractivity contribution is 0.415. The van der Waals surface area contributed by atoms with Crippen LogP contribution in [0.3, 0.4) is 0 Å². The quantitative estimate of drug-likeness (QED) is 0.898. The first-order valence-corrected chi connectivity index (χ1v) is 6.20. The number of anilines is 1. The highest BCUT2D eigenvalue weighted by atomic mass is 16.5. The molecule has 0 unspecified atom stereocenters. The molecule has 19 heavy (non-hydrogen) atoms. The number of hydrogen-bond acceptors (Lipinski definition) is 4. The van der Waals surface area contributed by atoms with Gasteiger partial charge < -0.3 is 10.5 Å². The van der Waals surface area contributed by atoms with Crippen molar-refractivity contribution in [3.05, 3.63) is 34.8 Å². The minimum atomic E-state index is 0.607. The largest absolute Gasteiger partial charge is 0.496 e. The van der Waals surface area contributed by atoms with E-state index in [9.17, 15) is 0 Å². The van der Waals surface area contributed by atoms with E-state index in [1.165, 1.54) is 0 Å². The van der Waals surface area contributed by atoms with E-state index in [1.54, 1.807) is 7.11 Å². The molecule has 0 aliphatic heterocycles. The average Bonchev–Trinajstić information content (AvgIpc) is 2.33. The van der Waals surface area contributed by atoms with Gasteiger partial charge in [-0.25, -0.2) is 9.97 Å². The van der Waals surface area contributed by atoms with E-state index in [0.29, 0.717) is 11.5 Å². The Bertz CT molecular complexity index is 636. The van der Waals surface area contributed by atoms with E-state index in [2.05, 4.69) is 16.0 Å². The van der Waals surface area contributed by atoms with Crippen molar-refractivity contribution >= 4 is 5.69 Å². The Morgan fingerprint density at radius 2 is 1.74 bits per heavy atom. The lowest BCUT2D eigenvalue weighted by atomic mass is 9.99. The van der Waals surface area contributed by atoms with E-state index in [0.717, 1.165) is 33.8 Å². The van der Waals surface area contributed by atoms with Crippen molar-refractivity contribution in [3.63, 3.8) is 0 Å². The van der Waals surface area contributed by atoms with Gasteiger partial charge in [0.25, 0.3) is 0 Å². The molecule has 0 amide bonds. The number of methoxy groups -OCH3 is 1. The van der Waals surface area contributed by atoms with E-state index < -0.39 is 0 Å². The van der Waals surface area contributed by atoms with Crippen molar-refractivity contribution < 1.29 is 4.74 Å². The summed E-state index contributed by atoms with van der Waals surface area (Å²) < 4.78 is 5.48. The fourth-order valence-electron chi connectivity index (χ4n) is 2.30. The first kappa shape index (κ1) is 13.3. The Balaban J connectivity index is 2.79. The molecule has 0 saturated heterocycles. The summed E-state index contributed by atoms with van der Waals surface area (Å²) in [6, 6.07) is 4.10. The van der Waals surface area contributed by atoms with Crippen LogP contribution in [0, 0.1) is 27.7 Å². The van der Waals surface area contributed by atoms with E-state index in [-0.39, 0.29) is 0 Å². The summed E-state index contributed by atoms with van der Waals surface area (Å²) in [4.78, 5) is 8.77. The highest BCUT2D eigenvalue weighted by Gasteiger charge is 2.16. The molecule has 4 heteroatoms. The van der Waals surface area contributed by atoms with Crippen LogP contribution >= 0.6 is 0 Å². The zero-order valence-corrected chi connectivity index (χ0v) is 12.0. The molecule has 4 nitrogen and oxygen atoms in total. The van der Waals surface area contributed by atoms with Crippen LogP contribution in [-0.2, 0) is 0 Å². The van der Waals surface area contributed by atoms with Crippen LogP contribution in [0.15, 0.2) is 12.1 Å². The number of rotatable bonds is 2. The molecule has 0 fully saturated rings. The number of nitrogen functional groups attached to an aromatic ring is 1. The van der Waals surface area contributed by atoms with Gasteiger partial charge in [-0.15, -0.1) is 0 Å². The number of hydrogen-bond donors (Lipinski definition) is 1. The van der Waals surface area contributed by atoms with Gasteiger partial charge in [-0.1, -0.05) is 6.07 Å². The van der Waals surface area contributed by atoms with E-state index in [4.69, 9.17) is 10.5 Å². The smallest absolute Gasteiger partial charge is 0.128 e. The van der Waals surface area contributed by atoms with Gasteiger partial charge in [-0.05, 0) is 44.9 Å². The number of aromatic nitrogens is 2. The summed E-state index contributed by atoms with van der Waals surface area (Å²) >= 11 is 0. The summed E-state index contributed by atoms with van der Waals surface area (Å²) in [5.41, 5.74) is 11.5. The van der Waals surface area contributed by atoms with Crippen LogP contribution in [0.5, 0.6) is 5.75 Å². The van der Waals surface area contributed by atoms with Crippen LogP contribution in [0.4, 0.5) is 5.69 Å². The van der Waals surface area contributed by atoms with Crippen LogP contribution in [0.2, 0.25) is 0 Å². The monoisotopic (exact) mass is 257 g/mol. The van der Waals surface area contributed by atoms with Crippen molar-refractivity contribution in [1.82, 2.24) is 9.97 Å². The zero-order valence-electron chi connectivity index (χ0n) is 12.0. The van der Waals surface area contributed by atoms with Gasteiger partial charge in [0.2, 0.25) is 0 Å². The Morgan fingerprint density at radius 3 is 2.37 bits per heavy atom. The van der Waals surface area contributed by atoms with Gasteiger partial charge in [-0.2, -0.15) is 0 Å². The predicted molar refractivity (Wildman–Crippen MR) is 77.4 cm³/mol. The Labute approximate surface area is 113 Å². The highest BCUT2D eigenvalue weighted by Crippen LogP contribution is 2.36. The molecule has 1 heterocycles. The molecule has 0 saturated carbocycles. The first-order chi connectivity index (χ1) is 8.93. The highest BCUT2D eigenvalue weighted by molar-refractivity contribution is 5.81. The van der Waals surface area contributed by atoms with Gasteiger partial charge in [-0.3, -0.25) is 0 Å². The Hall–Kier alpha value is -2.10. The normalized spacial score (nSPS) is 10.6.